The maximum atomic E-state index is 12.9. The number of amides is 1. The van der Waals surface area contributed by atoms with Gasteiger partial charge >= 0.3 is 0 Å². The van der Waals surface area contributed by atoms with Crippen molar-refractivity contribution < 1.29 is 4.79 Å². The van der Waals surface area contributed by atoms with Gasteiger partial charge in [0.05, 0.1) is 12.0 Å². The fourth-order valence-electron chi connectivity index (χ4n) is 5.91. The highest BCUT2D eigenvalue weighted by Crippen LogP contribution is 2.43. The van der Waals surface area contributed by atoms with Gasteiger partial charge in [0.25, 0.3) is 5.91 Å². The Morgan fingerprint density at radius 1 is 0.745 bits per heavy atom. The van der Waals surface area contributed by atoms with Crippen molar-refractivity contribution in [1.82, 2.24) is 14.6 Å². The number of aliphatic imine (C=N–C) groups is 1. The number of thioether (sulfide) groups is 1. The Labute approximate surface area is 284 Å². The number of anilines is 1. The predicted octanol–water partition coefficient (Wildman–Crippen LogP) is 8.87. The van der Waals surface area contributed by atoms with E-state index in [2.05, 4.69) is 74.6 Å². The number of hydrogen-bond acceptors (Lipinski definition) is 5. The third-order valence-corrected chi connectivity index (χ3v) is 9.17. The zero-order valence-electron chi connectivity index (χ0n) is 26.1. The number of hydrogen-bond donors (Lipinski definition) is 1. The zero-order chi connectivity index (χ0) is 32.7. The molecule has 0 fully saturated rings. The van der Waals surface area contributed by atoms with Crippen molar-refractivity contribution in [2.45, 2.75) is 18.0 Å². The summed E-state index contributed by atoms with van der Waals surface area (Å²) in [6.45, 7) is 1.85. The van der Waals surface area contributed by atoms with E-state index in [0.717, 1.165) is 33.0 Å². The molecule has 0 radical (unpaired) electrons. The van der Waals surface area contributed by atoms with Crippen molar-refractivity contribution in [3.05, 3.63) is 192 Å². The molecule has 6 aromatic rings. The van der Waals surface area contributed by atoms with Crippen LogP contribution in [0.4, 0.5) is 5.69 Å². The van der Waals surface area contributed by atoms with E-state index in [-0.39, 0.29) is 5.91 Å². The van der Waals surface area contributed by atoms with E-state index in [0.29, 0.717) is 5.17 Å². The summed E-state index contributed by atoms with van der Waals surface area (Å²) in [7, 11) is 0. The molecule has 5 aromatic carbocycles. The van der Waals surface area contributed by atoms with Crippen LogP contribution < -0.4 is 5.43 Å². The largest absolute Gasteiger partial charge is 0.319 e. The van der Waals surface area contributed by atoms with E-state index in [1.807, 2.05) is 117 Å². The van der Waals surface area contributed by atoms with Crippen molar-refractivity contribution in [2.24, 2.45) is 4.99 Å². The number of nitrogens with zero attached hydrogens (tertiary/aromatic N) is 4. The fourth-order valence-corrected chi connectivity index (χ4v) is 6.76. The lowest BCUT2D eigenvalue weighted by Crippen LogP contribution is -2.42. The highest BCUT2D eigenvalue weighted by molar-refractivity contribution is 8.13. The molecular formula is C39H34ClN5OS. The first-order chi connectivity index (χ1) is 23.0. The molecule has 1 aliphatic heterocycles. The van der Waals surface area contributed by atoms with Crippen molar-refractivity contribution in [1.29, 1.82) is 0 Å². The Morgan fingerprint density at radius 2 is 1.28 bits per heavy atom. The molecule has 0 saturated carbocycles. The summed E-state index contributed by atoms with van der Waals surface area (Å²) >= 11 is 8.14. The maximum absolute atomic E-state index is 12.9. The van der Waals surface area contributed by atoms with Crippen molar-refractivity contribution in [3.8, 4) is 0 Å². The molecule has 2 heterocycles. The average Bonchev–Trinajstić information content (AvgIpc) is 3.76. The molecule has 7 rings (SSSR count). The number of amidine groups is 1. The van der Waals surface area contributed by atoms with Gasteiger partial charge in [-0.2, -0.15) is 5.01 Å². The van der Waals surface area contributed by atoms with E-state index in [1.165, 1.54) is 16.8 Å². The van der Waals surface area contributed by atoms with Crippen LogP contribution in [0.2, 0.25) is 5.02 Å². The van der Waals surface area contributed by atoms with Crippen molar-refractivity contribution >= 4 is 40.1 Å². The van der Waals surface area contributed by atoms with Gasteiger partial charge in [0.1, 0.15) is 5.54 Å². The van der Waals surface area contributed by atoms with Crippen LogP contribution in [-0.4, -0.2) is 31.9 Å². The minimum absolute atomic E-state index is 0.0769. The fraction of sp³-hybridized carbons (Fsp3) is 0.103. The summed E-state index contributed by atoms with van der Waals surface area (Å²) in [6.07, 6.45) is 7.56. The van der Waals surface area contributed by atoms with Gasteiger partial charge in [-0.25, -0.2) is 9.98 Å². The quantitative estimate of drug-likeness (QED) is 0.175. The molecule has 1 amide bonds. The summed E-state index contributed by atoms with van der Waals surface area (Å²) in [5.41, 5.74) is 6.71. The van der Waals surface area contributed by atoms with Gasteiger partial charge in [0, 0.05) is 23.0 Å². The molecule has 1 aliphatic rings. The Morgan fingerprint density at radius 3 is 1.81 bits per heavy atom. The highest BCUT2D eigenvalue weighted by atomic mass is 35.5. The van der Waals surface area contributed by atoms with E-state index in [4.69, 9.17) is 11.6 Å². The first kappa shape index (κ1) is 31.9. The van der Waals surface area contributed by atoms with Crippen LogP contribution in [-0.2, 0) is 15.9 Å². The van der Waals surface area contributed by atoms with Crippen LogP contribution in [0.25, 0.3) is 0 Å². The lowest BCUT2D eigenvalue weighted by molar-refractivity contribution is -0.129. The number of imidazole rings is 1. The predicted molar refractivity (Wildman–Crippen MR) is 193 cm³/mol. The smallest absolute Gasteiger partial charge is 0.279 e. The first-order valence-corrected chi connectivity index (χ1v) is 16.8. The van der Waals surface area contributed by atoms with Crippen LogP contribution in [0.1, 0.15) is 29.2 Å². The molecule has 6 nitrogen and oxygen atoms in total. The maximum Gasteiger partial charge on any atom is 0.279 e. The molecule has 0 unspecified atom stereocenters. The van der Waals surface area contributed by atoms with Crippen LogP contribution in [0, 0.1) is 0 Å². The molecule has 0 aliphatic carbocycles. The van der Waals surface area contributed by atoms with Gasteiger partial charge in [-0.05, 0) is 48.1 Å². The van der Waals surface area contributed by atoms with E-state index < -0.39 is 11.1 Å². The summed E-state index contributed by atoms with van der Waals surface area (Å²) < 4.78 is 2.12. The Balaban J connectivity index is 0.000000166. The van der Waals surface area contributed by atoms with Crippen LogP contribution >= 0.6 is 23.4 Å². The number of nitrogens with one attached hydrogen (secondary N) is 1. The summed E-state index contributed by atoms with van der Waals surface area (Å²) in [5.74, 6) is -0.0769. The molecule has 1 aromatic heterocycles. The number of rotatable bonds is 7. The number of benzene rings is 5. The second-order valence-electron chi connectivity index (χ2n) is 11.0. The number of carbonyl (C=O) groups is 1. The molecule has 0 saturated heterocycles. The third kappa shape index (κ3) is 6.20. The molecule has 234 valence electrons. The number of halogens is 1. The monoisotopic (exact) mass is 655 g/mol. The molecule has 8 heteroatoms. The molecular weight excluding hydrogens is 622 g/mol. The highest BCUT2D eigenvalue weighted by Gasteiger charge is 2.46. The van der Waals surface area contributed by atoms with Crippen molar-refractivity contribution in [2.75, 3.05) is 11.7 Å². The van der Waals surface area contributed by atoms with Crippen LogP contribution in [0.5, 0.6) is 0 Å². The number of aromatic nitrogens is 2. The van der Waals surface area contributed by atoms with Gasteiger partial charge in [-0.1, -0.05) is 151 Å². The topological polar surface area (TPSA) is 62.5 Å². The minimum Gasteiger partial charge on any atom is -0.319 e. The van der Waals surface area contributed by atoms with Gasteiger partial charge in [0.2, 0.25) is 0 Å². The van der Waals surface area contributed by atoms with Gasteiger partial charge in [0.15, 0.2) is 10.7 Å². The van der Waals surface area contributed by atoms with Crippen LogP contribution in [0.15, 0.2) is 169 Å². The molecule has 0 bridgehead atoms. The average molecular weight is 656 g/mol. The standard InChI is InChI=1S/C22H17ClN2.C17H17N3OS/c23-21-14-8-7-13-20(21)22(25-16-15-24-17-25,18-9-3-1-4-10-18)19-11-5-2-6-12-19;1-17(13-9-5-3-6-10-13)15(21)20(16(18-17)22-2)19-14-11-7-4-8-12-14/h1-17H;3-12,19H,1-2H3/t;17-/m.0/s1. The number of hydrazine groups is 1. The molecule has 0 spiro atoms. The molecule has 47 heavy (non-hydrogen) atoms. The Hall–Kier alpha value is -5.11. The van der Waals surface area contributed by atoms with Crippen molar-refractivity contribution in [3.63, 3.8) is 0 Å². The van der Waals surface area contributed by atoms with Gasteiger partial charge in [-0.3, -0.25) is 10.2 Å². The molecule has 1 atom stereocenters. The number of carbonyl (C=O) groups excluding carboxylic acids is 1. The SMILES string of the molecule is CSC1=N[C@@](C)(c2ccccc2)C(=O)N1Nc1ccccc1.Clc1ccccc1C(c1ccccc1)(c1ccccc1)n1ccnc1. The van der Waals surface area contributed by atoms with Gasteiger partial charge < -0.3 is 4.57 Å². The minimum atomic E-state index is -0.888. The Bertz CT molecular complexity index is 1900. The van der Waals surface area contributed by atoms with E-state index in [9.17, 15) is 4.79 Å². The van der Waals surface area contributed by atoms with E-state index >= 15 is 0 Å². The second kappa shape index (κ2) is 14.1. The Kier molecular flexibility index (Phi) is 9.57. The summed E-state index contributed by atoms with van der Waals surface area (Å²) in [5, 5.41) is 2.93. The summed E-state index contributed by atoms with van der Waals surface area (Å²) in [4.78, 5) is 21.9. The van der Waals surface area contributed by atoms with Crippen LogP contribution in [0.3, 0.4) is 0 Å². The lowest BCUT2D eigenvalue weighted by atomic mass is 9.76. The van der Waals surface area contributed by atoms with E-state index in [1.54, 1.807) is 6.20 Å². The lowest BCUT2D eigenvalue weighted by Gasteiger charge is -2.37. The van der Waals surface area contributed by atoms with Gasteiger partial charge in [-0.15, -0.1) is 0 Å². The number of para-hydroxylation sites is 1. The summed E-state index contributed by atoms with van der Waals surface area (Å²) in [6, 6.07) is 48.1. The second-order valence-corrected chi connectivity index (χ2v) is 12.2. The molecule has 1 N–H and O–H groups in total. The third-order valence-electron chi connectivity index (χ3n) is 8.20. The normalized spacial score (nSPS) is 15.9. The first-order valence-electron chi connectivity index (χ1n) is 15.2. The zero-order valence-corrected chi connectivity index (χ0v) is 27.6.